The van der Waals surface area contributed by atoms with Gasteiger partial charge in [-0.1, -0.05) is 51.0 Å². The van der Waals surface area contributed by atoms with Gasteiger partial charge in [-0.25, -0.2) is 13.8 Å². The first-order valence-electron chi connectivity index (χ1n) is 15.6. The molecule has 1 saturated heterocycles. The van der Waals surface area contributed by atoms with Crippen molar-refractivity contribution in [2.45, 2.75) is 89.8 Å². The third-order valence-corrected chi connectivity index (χ3v) is 8.17. The number of likely N-dealkylation sites (tertiary alicyclic amines) is 1. The molecule has 0 radical (unpaired) electrons. The lowest BCUT2D eigenvalue weighted by Gasteiger charge is -2.27. The zero-order chi connectivity index (χ0) is 30.8. The molecule has 0 spiro atoms. The van der Waals surface area contributed by atoms with Crippen molar-refractivity contribution >= 4 is 28.3 Å². The number of nitrogens with one attached hydrogen (secondary N) is 2. The number of nitrogens with zero attached hydrogens (tertiary/aromatic N) is 2. The monoisotopic (exact) mass is 593 g/mol. The number of nitrogens with two attached hydrogens (primary N) is 1. The van der Waals surface area contributed by atoms with Crippen LogP contribution in [0, 0.1) is 11.6 Å². The highest BCUT2D eigenvalue weighted by Crippen LogP contribution is 2.21. The number of hydrogen-bond donors (Lipinski definition) is 3. The largest absolute Gasteiger partial charge is 0.383 e. The summed E-state index contributed by atoms with van der Waals surface area (Å²) in [5.41, 5.74) is 7.37. The Morgan fingerprint density at radius 3 is 2.47 bits per heavy atom. The first-order valence-corrected chi connectivity index (χ1v) is 15.6. The molecule has 0 unspecified atom stereocenters. The number of aryl methyl sites for hydroxylation is 1. The molecule has 1 aromatic heterocycles. The van der Waals surface area contributed by atoms with Gasteiger partial charge in [0.25, 0.3) is 0 Å². The minimum atomic E-state index is -0.979. The fourth-order valence-corrected chi connectivity index (χ4v) is 5.83. The number of carbonyl (C=O) groups excluding carboxylic acids is 2. The highest BCUT2D eigenvalue weighted by atomic mass is 19.2. The number of amides is 1. The van der Waals surface area contributed by atoms with Crippen LogP contribution >= 0.6 is 0 Å². The Kier molecular flexibility index (Phi) is 12.0. The number of hydrogen-bond acceptors (Lipinski definition) is 6. The molecule has 1 aliphatic heterocycles. The van der Waals surface area contributed by atoms with Crippen LogP contribution in [0.15, 0.2) is 48.7 Å². The molecule has 0 saturated carbocycles. The van der Waals surface area contributed by atoms with Crippen molar-refractivity contribution in [3.05, 3.63) is 71.4 Å². The molecule has 4 rings (SSSR count). The molecule has 2 atom stereocenters. The van der Waals surface area contributed by atoms with Gasteiger partial charge < -0.3 is 21.3 Å². The van der Waals surface area contributed by atoms with Crippen molar-refractivity contribution in [2.75, 3.05) is 25.4 Å². The zero-order valence-corrected chi connectivity index (χ0v) is 25.4. The van der Waals surface area contributed by atoms with Crippen molar-refractivity contribution < 1.29 is 18.4 Å². The standard InChI is InChI=1S/C34H45F2N5O2/c1-23(2)39-30(8-4-7-19-41-17-5-3-6-18-41)34(43)40-31(22-25-10-13-28(35)29(36)21-25)32(42)14-11-24-9-12-27-26(20-24)15-16-38-33(27)37/h9-10,12-13,15-16,20-21,23,30-31,39H,3-8,11,14,17-19,22H2,1-2H3,(H2,37,38)(H,40,43)/t30-,31+/m1/s1. The summed E-state index contributed by atoms with van der Waals surface area (Å²) in [7, 11) is 0. The number of rotatable bonds is 15. The van der Waals surface area contributed by atoms with Gasteiger partial charge in [0.1, 0.15) is 5.82 Å². The van der Waals surface area contributed by atoms with Crippen LogP contribution in [0.4, 0.5) is 14.6 Å². The van der Waals surface area contributed by atoms with Crippen LogP contribution in [0.25, 0.3) is 10.8 Å². The van der Waals surface area contributed by atoms with Crippen molar-refractivity contribution in [1.29, 1.82) is 0 Å². The summed E-state index contributed by atoms with van der Waals surface area (Å²) < 4.78 is 27.6. The minimum absolute atomic E-state index is 0.0745. The number of benzene rings is 2. The third-order valence-electron chi connectivity index (χ3n) is 8.17. The number of unbranched alkanes of at least 4 members (excludes halogenated alkanes) is 1. The molecule has 1 amide bonds. The third kappa shape index (κ3) is 9.79. The van der Waals surface area contributed by atoms with E-state index in [0.717, 1.165) is 60.9 Å². The Labute approximate surface area is 253 Å². The number of Topliss-reactive ketones (excluding diaryl/α,β-unsaturated/α-hetero) is 1. The molecule has 7 nitrogen and oxygen atoms in total. The lowest BCUT2D eigenvalue weighted by atomic mass is 9.96. The number of ketones is 1. The Morgan fingerprint density at radius 2 is 1.72 bits per heavy atom. The maximum atomic E-state index is 14.0. The van der Waals surface area contributed by atoms with E-state index in [1.54, 1.807) is 6.20 Å². The van der Waals surface area contributed by atoms with Gasteiger partial charge >= 0.3 is 0 Å². The summed E-state index contributed by atoms with van der Waals surface area (Å²) in [5.74, 6) is -1.89. The average Bonchev–Trinajstić information content (AvgIpc) is 2.99. The van der Waals surface area contributed by atoms with Crippen molar-refractivity contribution in [3.8, 4) is 0 Å². The molecule has 1 fully saturated rings. The van der Waals surface area contributed by atoms with Crippen LogP contribution in [0.3, 0.4) is 0 Å². The molecule has 43 heavy (non-hydrogen) atoms. The summed E-state index contributed by atoms with van der Waals surface area (Å²) in [6.07, 6.45) is 8.72. The second-order valence-corrected chi connectivity index (χ2v) is 12.0. The number of aromatic nitrogens is 1. The Bertz CT molecular complexity index is 1380. The Balaban J connectivity index is 1.42. The van der Waals surface area contributed by atoms with Gasteiger partial charge in [0.05, 0.1) is 12.1 Å². The van der Waals surface area contributed by atoms with E-state index in [0.29, 0.717) is 24.2 Å². The normalized spacial score (nSPS) is 15.5. The van der Waals surface area contributed by atoms with Crippen molar-refractivity contribution in [1.82, 2.24) is 20.5 Å². The Morgan fingerprint density at radius 1 is 0.953 bits per heavy atom. The van der Waals surface area contributed by atoms with E-state index >= 15 is 0 Å². The van der Waals surface area contributed by atoms with E-state index in [2.05, 4.69) is 20.5 Å². The summed E-state index contributed by atoms with van der Waals surface area (Å²) in [6, 6.07) is 10.0. The molecular weight excluding hydrogens is 548 g/mol. The average molecular weight is 594 g/mol. The molecule has 232 valence electrons. The highest BCUT2D eigenvalue weighted by molar-refractivity contribution is 5.92. The molecular formula is C34H45F2N5O2. The zero-order valence-electron chi connectivity index (χ0n) is 25.4. The van der Waals surface area contributed by atoms with Gasteiger partial charge in [-0.2, -0.15) is 0 Å². The number of fused-ring (bicyclic) bond motifs is 1. The van der Waals surface area contributed by atoms with Crippen LogP contribution in [-0.2, 0) is 22.4 Å². The fraction of sp³-hybridized carbons (Fsp3) is 0.500. The molecule has 9 heteroatoms. The molecule has 0 aliphatic carbocycles. The quantitative estimate of drug-likeness (QED) is 0.206. The van der Waals surface area contributed by atoms with Crippen molar-refractivity contribution in [3.63, 3.8) is 0 Å². The van der Waals surface area contributed by atoms with Crippen LogP contribution in [-0.4, -0.2) is 59.3 Å². The van der Waals surface area contributed by atoms with E-state index in [1.165, 1.54) is 25.3 Å². The van der Waals surface area contributed by atoms with Gasteiger partial charge in [-0.15, -0.1) is 0 Å². The van der Waals surface area contributed by atoms with Gasteiger partial charge in [0.15, 0.2) is 17.4 Å². The smallest absolute Gasteiger partial charge is 0.237 e. The van der Waals surface area contributed by atoms with Crippen LogP contribution < -0.4 is 16.4 Å². The van der Waals surface area contributed by atoms with Gasteiger partial charge in [-0.05, 0) is 92.9 Å². The molecule has 0 bridgehead atoms. The minimum Gasteiger partial charge on any atom is -0.383 e. The van der Waals surface area contributed by atoms with E-state index in [1.807, 2.05) is 38.1 Å². The van der Waals surface area contributed by atoms with E-state index in [4.69, 9.17) is 5.73 Å². The molecule has 4 N–H and O–H groups in total. The lowest BCUT2D eigenvalue weighted by molar-refractivity contribution is -0.129. The summed E-state index contributed by atoms with van der Waals surface area (Å²) in [4.78, 5) is 33.7. The number of piperidine rings is 1. The predicted molar refractivity (Wildman–Crippen MR) is 168 cm³/mol. The lowest BCUT2D eigenvalue weighted by Crippen LogP contribution is -2.52. The number of halogens is 2. The van der Waals surface area contributed by atoms with Gasteiger partial charge in [0, 0.05) is 24.0 Å². The predicted octanol–water partition coefficient (Wildman–Crippen LogP) is 5.35. The number of carbonyl (C=O) groups is 2. The second-order valence-electron chi connectivity index (χ2n) is 12.0. The number of pyridine rings is 1. The van der Waals surface area contributed by atoms with E-state index < -0.39 is 23.7 Å². The first-order chi connectivity index (χ1) is 20.7. The summed E-state index contributed by atoms with van der Waals surface area (Å²) in [6.45, 7) is 7.31. The summed E-state index contributed by atoms with van der Waals surface area (Å²) in [5, 5.41) is 8.11. The maximum absolute atomic E-state index is 14.0. The van der Waals surface area contributed by atoms with Crippen LogP contribution in [0.1, 0.15) is 69.9 Å². The molecule has 2 heterocycles. The number of anilines is 1. The number of nitrogen functional groups attached to an aromatic ring is 1. The maximum Gasteiger partial charge on any atom is 0.237 e. The SMILES string of the molecule is CC(C)N[C@H](CCCCN1CCCCC1)C(=O)N[C@@H](Cc1ccc(F)c(F)c1)C(=O)CCc1ccc2c(N)nccc2c1. The topological polar surface area (TPSA) is 100 Å². The van der Waals surface area contributed by atoms with Crippen LogP contribution in [0.5, 0.6) is 0 Å². The molecule has 1 aliphatic rings. The molecule has 2 aromatic carbocycles. The fourth-order valence-electron chi connectivity index (χ4n) is 5.83. The van der Waals surface area contributed by atoms with E-state index in [-0.39, 0.29) is 30.6 Å². The first kappa shape index (κ1) is 32.5. The van der Waals surface area contributed by atoms with Crippen LogP contribution in [0.2, 0.25) is 0 Å². The second kappa shape index (κ2) is 15.9. The highest BCUT2D eigenvalue weighted by Gasteiger charge is 2.26. The van der Waals surface area contributed by atoms with E-state index in [9.17, 15) is 18.4 Å². The molecule has 3 aromatic rings. The van der Waals surface area contributed by atoms with Gasteiger partial charge in [-0.3, -0.25) is 9.59 Å². The summed E-state index contributed by atoms with van der Waals surface area (Å²) >= 11 is 0. The van der Waals surface area contributed by atoms with Crippen molar-refractivity contribution in [2.24, 2.45) is 0 Å². The Hall–Kier alpha value is -3.43. The van der Waals surface area contributed by atoms with Gasteiger partial charge in [0.2, 0.25) is 5.91 Å².